The van der Waals surface area contributed by atoms with Crippen molar-refractivity contribution in [2.75, 3.05) is 25.1 Å². The molecular formula is C61H56FN3O16. The summed E-state index contributed by atoms with van der Waals surface area (Å²) >= 11 is 0. The minimum Gasteiger partial charge on any atom is -0.508 e. The van der Waals surface area contributed by atoms with Crippen LogP contribution in [0, 0.1) is 23.6 Å². The Morgan fingerprint density at radius 3 is 2.27 bits per heavy atom. The molecule has 0 bridgehead atoms. The Morgan fingerprint density at radius 2 is 1.54 bits per heavy atom. The van der Waals surface area contributed by atoms with Crippen LogP contribution in [0.15, 0.2) is 137 Å². The zero-order chi connectivity index (χ0) is 57.5. The molecule has 0 aromatic heterocycles. The molecule has 3 amide bonds. The number of aliphatic hydroxyl groups is 4. The van der Waals surface area contributed by atoms with Gasteiger partial charge in [-0.25, -0.2) is 14.0 Å². The van der Waals surface area contributed by atoms with Crippen molar-refractivity contribution in [3.63, 3.8) is 0 Å². The number of hydrogen-bond donors (Lipinski definition) is 8. The van der Waals surface area contributed by atoms with E-state index in [2.05, 4.69) is 27.2 Å². The molecule has 2 saturated heterocycles. The van der Waals surface area contributed by atoms with Gasteiger partial charge in [0.15, 0.2) is 11.5 Å². The van der Waals surface area contributed by atoms with Gasteiger partial charge >= 0.3 is 11.9 Å². The summed E-state index contributed by atoms with van der Waals surface area (Å²) in [6, 6.07) is 31.3. The first-order chi connectivity index (χ1) is 39.0. The monoisotopic (exact) mass is 1110 g/mol. The standard InChI is InChI=1S/C61H56FN3O16/c1-78-60(77)56-54(71)53(70)55(72)61(81-56)79-41-21-12-35(13-22-41)52-45(26-27-47(68)34-10-15-37(62)16-11-34)58(74)65(52)38-17-8-33(9-18-38)6-5-29-63-50(69)7-3-2-4-28-64-57(73)36-14-23-42(46(30-36)59(75)76)51-43-24-19-39(66)31-48(43)80-49-32-40(67)20-25-44(49)51/h8-25,30-32,45,47,52-56,61,66,68,70-72H,2-4,7,26-29H2,1H3,(H,63,69)(H,64,73)(H,75,76)/t45-,47+,52-,53+,54+,55-,56+,61-/m1/s1. The molecule has 9 rings (SSSR count). The van der Waals surface area contributed by atoms with Crippen LogP contribution in [0.1, 0.15) is 88.1 Å². The number of carbonyl (C=O) groups is 5. The van der Waals surface area contributed by atoms with Crippen molar-refractivity contribution >= 4 is 46.3 Å². The van der Waals surface area contributed by atoms with Crippen molar-refractivity contribution in [3.05, 3.63) is 171 Å². The summed E-state index contributed by atoms with van der Waals surface area (Å²) in [6.07, 6.45) is -6.99. The summed E-state index contributed by atoms with van der Waals surface area (Å²) in [4.78, 5) is 78.3. The molecule has 19 nitrogen and oxygen atoms in total. The van der Waals surface area contributed by atoms with Crippen LogP contribution in [-0.2, 0) is 23.9 Å². The number of benzene rings is 6. The van der Waals surface area contributed by atoms with Gasteiger partial charge in [-0.1, -0.05) is 48.6 Å². The van der Waals surface area contributed by atoms with E-state index < -0.39 is 72.4 Å². The lowest BCUT2D eigenvalue weighted by atomic mass is 9.78. The van der Waals surface area contributed by atoms with Crippen molar-refractivity contribution in [2.45, 2.75) is 81.4 Å². The molecule has 2 fully saturated rings. The third kappa shape index (κ3) is 12.7. The largest absolute Gasteiger partial charge is 0.508 e. The van der Waals surface area contributed by atoms with Crippen LogP contribution in [0.4, 0.5) is 10.1 Å². The number of β-lactam (4-membered cyclic amide) rings is 1. The second-order valence-corrected chi connectivity index (χ2v) is 19.6. The van der Waals surface area contributed by atoms with Gasteiger partial charge in [0.2, 0.25) is 18.1 Å². The van der Waals surface area contributed by atoms with E-state index >= 15 is 0 Å². The molecule has 81 heavy (non-hydrogen) atoms. The molecule has 8 atom stereocenters. The first kappa shape index (κ1) is 56.7. The predicted molar refractivity (Wildman–Crippen MR) is 290 cm³/mol. The summed E-state index contributed by atoms with van der Waals surface area (Å²) in [6.45, 7) is 0.346. The Bertz CT molecular complexity index is 3560. The maximum atomic E-state index is 13.9. The maximum absolute atomic E-state index is 13.9. The number of phenolic OH excluding ortho intramolecular Hbond substituents is 1. The first-order valence-electron chi connectivity index (χ1n) is 26.0. The van der Waals surface area contributed by atoms with E-state index in [1.165, 1.54) is 66.7 Å². The molecule has 3 aliphatic heterocycles. The molecular weight excluding hydrogens is 1050 g/mol. The smallest absolute Gasteiger partial charge is 0.337 e. The van der Waals surface area contributed by atoms with Crippen LogP contribution in [0.25, 0.3) is 33.4 Å². The summed E-state index contributed by atoms with van der Waals surface area (Å²) in [5, 5.41) is 68.6. The Morgan fingerprint density at radius 1 is 0.802 bits per heavy atom. The Labute approximate surface area is 462 Å². The highest BCUT2D eigenvalue weighted by Crippen LogP contribution is 2.47. The minimum atomic E-state index is -1.78. The van der Waals surface area contributed by atoms with E-state index in [4.69, 9.17) is 13.9 Å². The van der Waals surface area contributed by atoms with E-state index in [0.29, 0.717) is 58.2 Å². The van der Waals surface area contributed by atoms with Crippen molar-refractivity contribution in [2.24, 2.45) is 5.92 Å². The molecule has 3 heterocycles. The zero-order valence-electron chi connectivity index (χ0n) is 43.5. The van der Waals surface area contributed by atoms with Gasteiger partial charge in [0, 0.05) is 58.4 Å². The number of phenols is 1. The number of carboxylic acids is 1. The Kier molecular flexibility index (Phi) is 17.5. The summed E-state index contributed by atoms with van der Waals surface area (Å²) < 4.78 is 35.4. The Hall–Kier alpha value is -8.97. The van der Waals surface area contributed by atoms with Crippen molar-refractivity contribution in [1.29, 1.82) is 0 Å². The third-order valence-electron chi connectivity index (χ3n) is 14.3. The topological polar surface area (TPSA) is 292 Å². The number of anilines is 1. The number of esters is 1. The summed E-state index contributed by atoms with van der Waals surface area (Å²) in [7, 11) is 1.08. The number of aliphatic hydroxyl groups excluding tert-OH is 4. The number of nitrogens with zero attached hydrogens (tertiary/aromatic N) is 1. The van der Waals surface area contributed by atoms with Crippen LogP contribution in [-0.4, -0.2) is 111 Å². The number of aromatic carboxylic acids is 1. The van der Waals surface area contributed by atoms with Crippen molar-refractivity contribution in [1.82, 2.24) is 10.6 Å². The van der Waals surface area contributed by atoms with Gasteiger partial charge in [0.05, 0.1) is 37.3 Å². The fraction of sp³-hybridized carbons (Fsp3) is 0.279. The van der Waals surface area contributed by atoms with E-state index in [0.717, 1.165) is 7.11 Å². The molecule has 8 N–H and O–H groups in total. The number of hydrogen-bond acceptors (Lipinski definition) is 15. The van der Waals surface area contributed by atoms with Crippen LogP contribution in [0.3, 0.4) is 0 Å². The lowest BCUT2D eigenvalue weighted by Crippen LogP contribution is -2.61. The molecule has 418 valence electrons. The second kappa shape index (κ2) is 25.0. The van der Waals surface area contributed by atoms with Crippen LogP contribution < -0.4 is 25.7 Å². The Balaban J connectivity index is 0.760. The minimum absolute atomic E-state index is 0.0720. The number of fused-ring (bicyclic) bond motifs is 2. The van der Waals surface area contributed by atoms with Crippen LogP contribution in [0.2, 0.25) is 0 Å². The molecule has 5 aromatic rings. The number of nitrogens with one attached hydrogen (secondary N) is 2. The van der Waals surface area contributed by atoms with Gasteiger partial charge in [0.25, 0.3) is 5.91 Å². The normalized spacial score (nSPS) is 19.9. The van der Waals surface area contributed by atoms with Gasteiger partial charge in [-0.3, -0.25) is 19.2 Å². The summed E-state index contributed by atoms with van der Waals surface area (Å²) in [5.74, 6) is 2.08. The average molecular weight is 1110 g/mol. The van der Waals surface area contributed by atoms with Gasteiger partial charge < -0.3 is 64.8 Å². The number of halogens is 1. The first-order valence-corrected chi connectivity index (χ1v) is 26.0. The molecule has 0 unspecified atom stereocenters. The van der Waals surface area contributed by atoms with Crippen molar-refractivity contribution < 1.29 is 77.6 Å². The number of carboxylic acid groups (broad SMARTS) is 1. The van der Waals surface area contributed by atoms with Gasteiger partial charge in [0.1, 0.15) is 47.0 Å². The van der Waals surface area contributed by atoms with Gasteiger partial charge in [-0.05, 0) is 127 Å². The molecule has 0 spiro atoms. The lowest BCUT2D eigenvalue weighted by Gasteiger charge is -2.48. The van der Waals surface area contributed by atoms with Crippen LogP contribution >= 0.6 is 0 Å². The van der Waals surface area contributed by atoms with Crippen LogP contribution in [0.5, 0.6) is 11.5 Å². The second-order valence-electron chi connectivity index (χ2n) is 19.6. The molecule has 0 radical (unpaired) electrons. The number of carbonyl (C=O) groups excluding carboxylic acids is 4. The third-order valence-corrected chi connectivity index (χ3v) is 14.3. The molecule has 0 saturated carbocycles. The maximum Gasteiger partial charge on any atom is 0.337 e. The number of ether oxygens (including phenoxy) is 3. The van der Waals surface area contributed by atoms with E-state index in [-0.39, 0.29) is 89.1 Å². The molecule has 1 aliphatic carbocycles. The fourth-order valence-corrected chi connectivity index (χ4v) is 10.0. The highest BCUT2D eigenvalue weighted by molar-refractivity contribution is 6.09. The number of rotatable bonds is 19. The lowest BCUT2D eigenvalue weighted by molar-refractivity contribution is -0.271. The molecule has 4 aliphatic rings. The van der Waals surface area contributed by atoms with E-state index in [1.54, 1.807) is 65.6 Å². The fourth-order valence-electron chi connectivity index (χ4n) is 10.0. The number of amides is 3. The number of unbranched alkanes of at least 4 members (excludes halogenated alkanes) is 2. The summed E-state index contributed by atoms with van der Waals surface area (Å²) in [5.41, 5.74) is 3.48. The van der Waals surface area contributed by atoms with Gasteiger partial charge in [-0.15, -0.1) is 0 Å². The van der Waals surface area contributed by atoms with E-state index in [1.807, 2.05) is 0 Å². The number of aromatic hydroxyl groups is 1. The highest BCUT2D eigenvalue weighted by atomic mass is 19.1. The zero-order valence-corrected chi connectivity index (χ0v) is 43.5. The number of methoxy groups -OCH3 is 1. The predicted octanol–water partition coefficient (Wildman–Crippen LogP) is 6.14. The molecule has 20 heteroatoms. The quantitative estimate of drug-likeness (QED) is 0.0148. The SMILES string of the molecule is COC(=O)[C@H]1O[C@@H](Oc2ccc([C@@H]3[C@@H](CC[C@H](O)c4ccc(F)cc4)C(=O)N3c3ccc(C#CCNC(=O)CCCCCNC(=O)c4ccc(-c5c6ccc(=O)cc-6oc6cc(O)ccc56)c(C(=O)O)c4)cc3)cc2)[C@H](O)[C@@H](O)[C@@H]1O. The van der Waals surface area contributed by atoms with E-state index in [9.17, 15) is 63.8 Å². The average Bonchev–Trinajstić information content (AvgIpc) is 3.23. The van der Waals surface area contributed by atoms with Gasteiger partial charge in [-0.2, -0.15) is 0 Å². The van der Waals surface area contributed by atoms with Crippen molar-refractivity contribution in [3.8, 4) is 45.8 Å². The molecule has 5 aromatic carbocycles. The highest BCUT2D eigenvalue weighted by Gasteiger charge is 2.50.